The Morgan fingerprint density at radius 3 is 2.18 bits per heavy atom. The Labute approximate surface area is 190 Å². The van der Waals surface area contributed by atoms with Gasteiger partial charge in [0.05, 0.1) is 4.90 Å². The van der Waals surface area contributed by atoms with Crippen LogP contribution < -0.4 is 5.32 Å². The van der Waals surface area contributed by atoms with Gasteiger partial charge in [-0.1, -0.05) is 17.7 Å². The van der Waals surface area contributed by atoms with E-state index in [1.807, 2.05) is 6.92 Å². The number of carbonyl (C=O) groups is 1. The number of alkyl halides is 3. The summed E-state index contributed by atoms with van der Waals surface area (Å²) < 4.78 is 72.2. The van der Waals surface area contributed by atoms with Gasteiger partial charge in [0.2, 0.25) is 15.6 Å². The number of aryl methyl sites for hydroxylation is 2. The Bertz CT molecular complexity index is 1080. The molecular weight excluding hydrogens is 463 g/mol. The molecule has 1 fully saturated rings. The molecule has 2 aromatic rings. The largest absolute Gasteiger partial charge is 0.463 e. The fourth-order valence-corrected chi connectivity index (χ4v) is 4.94. The fourth-order valence-electron chi connectivity index (χ4n) is 3.51. The molecular formula is C21H26F3N3O5S. The third kappa shape index (κ3) is 5.33. The van der Waals surface area contributed by atoms with E-state index >= 15 is 0 Å². The van der Waals surface area contributed by atoms with Crippen LogP contribution in [0.2, 0.25) is 0 Å². The van der Waals surface area contributed by atoms with Crippen LogP contribution in [0.1, 0.15) is 23.5 Å². The van der Waals surface area contributed by atoms with Crippen molar-refractivity contribution < 1.29 is 35.9 Å². The highest BCUT2D eigenvalue weighted by molar-refractivity contribution is 7.89. The number of furan rings is 1. The van der Waals surface area contributed by atoms with Crippen molar-refractivity contribution in [1.82, 2.24) is 14.5 Å². The lowest BCUT2D eigenvalue weighted by Gasteiger charge is -2.34. The summed E-state index contributed by atoms with van der Waals surface area (Å²) in [7, 11) is -3.70. The van der Waals surface area contributed by atoms with E-state index in [0.29, 0.717) is 0 Å². The molecule has 8 nitrogen and oxygen atoms in total. The monoisotopic (exact) mass is 489 g/mol. The molecule has 1 saturated heterocycles. The molecule has 12 heteroatoms. The van der Waals surface area contributed by atoms with Crippen LogP contribution in [0.5, 0.6) is 0 Å². The van der Waals surface area contributed by atoms with Gasteiger partial charge in [-0.15, -0.1) is 0 Å². The van der Waals surface area contributed by atoms with E-state index in [2.05, 4.69) is 5.32 Å². The maximum absolute atomic E-state index is 13.5. The molecule has 182 valence electrons. The lowest BCUT2D eigenvalue weighted by atomic mass is 9.96. The lowest BCUT2D eigenvalue weighted by molar-refractivity contribution is -0.274. The van der Waals surface area contributed by atoms with Gasteiger partial charge in [0.15, 0.2) is 0 Å². The average molecular weight is 490 g/mol. The van der Waals surface area contributed by atoms with Crippen molar-refractivity contribution in [3.63, 3.8) is 0 Å². The molecule has 1 aliphatic rings. The average Bonchev–Trinajstić information content (AvgIpc) is 3.20. The minimum Gasteiger partial charge on any atom is -0.463 e. The minimum absolute atomic E-state index is 0.0573. The first-order valence-electron chi connectivity index (χ1n) is 10.3. The summed E-state index contributed by atoms with van der Waals surface area (Å²) in [5.74, 6) is -0.424. The topological polar surface area (TPSA) is 103 Å². The Morgan fingerprint density at radius 2 is 1.67 bits per heavy atom. The molecule has 1 atom stereocenters. The predicted molar refractivity (Wildman–Crippen MR) is 113 cm³/mol. The predicted octanol–water partition coefficient (Wildman–Crippen LogP) is 2.75. The molecule has 1 aromatic carbocycles. The van der Waals surface area contributed by atoms with Crippen molar-refractivity contribution in [2.75, 3.05) is 32.7 Å². The van der Waals surface area contributed by atoms with Gasteiger partial charge >= 0.3 is 12.2 Å². The van der Waals surface area contributed by atoms with Crippen LogP contribution in [-0.2, 0) is 15.6 Å². The number of hydrogen-bond acceptors (Lipinski definition) is 5. The van der Waals surface area contributed by atoms with E-state index in [-0.39, 0.29) is 36.8 Å². The van der Waals surface area contributed by atoms with Crippen LogP contribution in [0.25, 0.3) is 0 Å². The summed E-state index contributed by atoms with van der Waals surface area (Å²) in [5, 5.41) is 12.6. The summed E-state index contributed by atoms with van der Waals surface area (Å²) in [6.45, 7) is 3.12. The highest BCUT2D eigenvalue weighted by Gasteiger charge is 2.56. The molecule has 2 amide bonds. The first-order valence-corrected chi connectivity index (χ1v) is 11.7. The molecule has 1 aliphatic heterocycles. The zero-order valence-electron chi connectivity index (χ0n) is 18.2. The third-order valence-electron chi connectivity index (χ3n) is 5.56. The highest BCUT2D eigenvalue weighted by Crippen LogP contribution is 2.42. The first kappa shape index (κ1) is 25.1. The van der Waals surface area contributed by atoms with Crippen molar-refractivity contribution in [3.8, 4) is 0 Å². The standard InChI is InChI=1S/C21H26F3N3O5S/c1-15-3-6-17(7-4-15)33(30,31)27-13-11-26(12-14-27)19(28)25-10-9-20(29,21(22,23)24)18-8-5-16(2)32-18/h3-8,29H,9-14H2,1-2H3,(H,25,28). The first-order chi connectivity index (χ1) is 15.3. The minimum atomic E-state index is -5.00. The summed E-state index contributed by atoms with van der Waals surface area (Å²) >= 11 is 0. The van der Waals surface area contributed by atoms with Gasteiger partial charge in [0, 0.05) is 39.1 Å². The Kier molecular flexibility index (Phi) is 7.10. The summed E-state index contributed by atoms with van der Waals surface area (Å²) in [4.78, 5) is 13.9. The van der Waals surface area contributed by atoms with Gasteiger partial charge in [-0.3, -0.25) is 0 Å². The van der Waals surface area contributed by atoms with Crippen LogP contribution in [-0.4, -0.2) is 67.7 Å². The SMILES string of the molecule is Cc1ccc(S(=O)(=O)N2CCN(C(=O)NCCC(O)(c3ccc(C)o3)C(F)(F)F)CC2)cc1. The second-order valence-electron chi connectivity index (χ2n) is 7.95. The van der Waals surface area contributed by atoms with Crippen molar-refractivity contribution in [2.45, 2.75) is 36.9 Å². The Hall–Kier alpha value is -2.57. The van der Waals surface area contributed by atoms with Crippen LogP contribution in [0.4, 0.5) is 18.0 Å². The van der Waals surface area contributed by atoms with Crippen LogP contribution in [0.15, 0.2) is 45.7 Å². The van der Waals surface area contributed by atoms with Crippen LogP contribution >= 0.6 is 0 Å². The molecule has 0 bridgehead atoms. The van der Waals surface area contributed by atoms with Crippen molar-refractivity contribution in [3.05, 3.63) is 53.5 Å². The number of piperazine rings is 1. The molecule has 1 unspecified atom stereocenters. The molecule has 0 saturated carbocycles. The van der Waals surface area contributed by atoms with Crippen LogP contribution in [0.3, 0.4) is 0 Å². The smallest absolute Gasteiger partial charge is 0.424 e. The second-order valence-corrected chi connectivity index (χ2v) is 9.89. The Balaban J connectivity index is 1.55. The van der Waals surface area contributed by atoms with Crippen LogP contribution in [0, 0.1) is 13.8 Å². The number of carbonyl (C=O) groups excluding carboxylic acids is 1. The Morgan fingerprint density at radius 1 is 1.06 bits per heavy atom. The van der Waals surface area contributed by atoms with Gasteiger partial charge in [-0.05, 0) is 38.1 Å². The second kappa shape index (κ2) is 9.35. The number of hydrogen-bond donors (Lipinski definition) is 2. The summed E-state index contributed by atoms with van der Waals surface area (Å²) in [6, 6.07) is 8.17. The maximum atomic E-state index is 13.5. The van der Waals surface area contributed by atoms with Gasteiger partial charge in [-0.25, -0.2) is 13.2 Å². The van der Waals surface area contributed by atoms with E-state index < -0.39 is 46.6 Å². The van der Waals surface area contributed by atoms with Gasteiger partial charge in [0.25, 0.3) is 0 Å². The van der Waals surface area contributed by atoms with Gasteiger partial charge < -0.3 is 19.7 Å². The maximum Gasteiger partial charge on any atom is 0.424 e. The van der Waals surface area contributed by atoms with E-state index in [9.17, 15) is 31.5 Å². The molecule has 2 N–H and O–H groups in total. The summed E-state index contributed by atoms with van der Waals surface area (Å²) in [5.41, 5.74) is -2.31. The van der Waals surface area contributed by atoms with Gasteiger partial charge in [-0.2, -0.15) is 17.5 Å². The molecule has 33 heavy (non-hydrogen) atoms. The zero-order chi connectivity index (χ0) is 24.4. The number of benzene rings is 1. The quantitative estimate of drug-likeness (QED) is 0.650. The molecule has 0 radical (unpaired) electrons. The van der Waals surface area contributed by atoms with Gasteiger partial charge in [0.1, 0.15) is 11.5 Å². The van der Waals surface area contributed by atoms with E-state index in [0.717, 1.165) is 11.6 Å². The third-order valence-corrected chi connectivity index (χ3v) is 7.48. The molecule has 2 heterocycles. The molecule has 3 rings (SSSR count). The fraction of sp³-hybridized carbons (Fsp3) is 0.476. The van der Waals surface area contributed by atoms with E-state index in [1.165, 1.54) is 34.3 Å². The molecule has 0 aliphatic carbocycles. The van der Waals surface area contributed by atoms with Crippen molar-refractivity contribution in [2.24, 2.45) is 0 Å². The number of sulfonamides is 1. The summed E-state index contributed by atoms with van der Waals surface area (Å²) in [6.07, 6.45) is -5.84. The number of aliphatic hydroxyl groups is 1. The number of nitrogens with one attached hydrogen (secondary N) is 1. The molecule has 1 aromatic heterocycles. The number of urea groups is 1. The number of halogens is 3. The van der Waals surface area contributed by atoms with Crippen molar-refractivity contribution in [1.29, 1.82) is 0 Å². The van der Waals surface area contributed by atoms with E-state index in [1.54, 1.807) is 12.1 Å². The normalized spacial score (nSPS) is 17.6. The van der Waals surface area contributed by atoms with Crippen molar-refractivity contribution >= 4 is 16.1 Å². The number of rotatable bonds is 6. The molecule has 0 spiro atoms. The van der Waals surface area contributed by atoms with E-state index in [4.69, 9.17) is 4.42 Å². The number of nitrogens with zero attached hydrogens (tertiary/aromatic N) is 2. The highest BCUT2D eigenvalue weighted by atomic mass is 32.2. The lowest BCUT2D eigenvalue weighted by Crippen LogP contribution is -2.53. The number of amides is 2. The zero-order valence-corrected chi connectivity index (χ0v) is 19.0.